The number of nitrogens with zero attached hydrogens (tertiary/aromatic N) is 1. The van der Waals surface area contributed by atoms with E-state index in [1.54, 1.807) is 18.2 Å². The SMILES string of the molecule is COc1cc2c(cc1O)C(O)c1c(Nc3cccc(F)c3)n[nH]c1-2. The van der Waals surface area contributed by atoms with E-state index < -0.39 is 6.10 Å². The van der Waals surface area contributed by atoms with Crippen molar-refractivity contribution in [3.05, 3.63) is 53.3 Å². The number of hydrogen-bond donors (Lipinski definition) is 4. The second-order valence-electron chi connectivity index (χ2n) is 5.51. The first-order valence-electron chi connectivity index (χ1n) is 7.28. The molecular weight excluding hydrogens is 313 g/mol. The average Bonchev–Trinajstić information content (AvgIpc) is 3.08. The summed E-state index contributed by atoms with van der Waals surface area (Å²) in [5, 5.41) is 30.6. The maximum absolute atomic E-state index is 13.3. The number of aromatic amines is 1. The summed E-state index contributed by atoms with van der Waals surface area (Å²) in [5.41, 5.74) is 2.95. The number of phenols is 1. The van der Waals surface area contributed by atoms with Crippen molar-refractivity contribution in [2.75, 3.05) is 12.4 Å². The van der Waals surface area contributed by atoms with Crippen molar-refractivity contribution in [1.82, 2.24) is 10.2 Å². The van der Waals surface area contributed by atoms with Crippen LogP contribution in [0.4, 0.5) is 15.9 Å². The van der Waals surface area contributed by atoms with Gasteiger partial charge >= 0.3 is 0 Å². The number of fused-ring (bicyclic) bond motifs is 3. The van der Waals surface area contributed by atoms with Gasteiger partial charge in [-0.05, 0) is 35.9 Å². The minimum atomic E-state index is -0.957. The molecule has 1 aromatic heterocycles. The molecule has 0 bridgehead atoms. The number of methoxy groups -OCH3 is 1. The van der Waals surface area contributed by atoms with Crippen LogP contribution in [0.15, 0.2) is 36.4 Å². The number of ether oxygens (including phenoxy) is 1. The summed E-state index contributed by atoms with van der Waals surface area (Å²) in [6.07, 6.45) is -0.957. The number of benzene rings is 2. The highest BCUT2D eigenvalue weighted by Crippen LogP contribution is 2.49. The number of halogens is 1. The van der Waals surface area contributed by atoms with Crippen molar-refractivity contribution in [2.45, 2.75) is 6.10 Å². The maximum atomic E-state index is 13.3. The van der Waals surface area contributed by atoms with Crippen LogP contribution in [-0.4, -0.2) is 27.5 Å². The number of nitrogens with one attached hydrogen (secondary N) is 2. The molecule has 4 rings (SSSR count). The van der Waals surface area contributed by atoms with Gasteiger partial charge in [-0.15, -0.1) is 0 Å². The molecule has 0 saturated carbocycles. The van der Waals surface area contributed by atoms with E-state index in [2.05, 4.69) is 15.5 Å². The predicted octanol–water partition coefficient (Wildman–Crippen LogP) is 3.07. The van der Waals surface area contributed by atoms with Crippen molar-refractivity contribution in [3.8, 4) is 22.8 Å². The first kappa shape index (κ1) is 14.5. The number of H-pyrrole nitrogens is 1. The lowest BCUT2D eigenvalue weighted by Gasteiger charge is -2.10. The molecule has 0 radical (unpaired) electrons. The second-order valence-corrected chi connectivity index (χ2v) is 5.51. The first-order chi connectivity index (χ1) is 11.6. The van der Waals surface area contributed by atoms with Crippen molar-refractivity contribution >= 4 is 11.5 Å². The van der Waals surface area contributed by atoms with Gasteiger partial charge in [0.05, 0.1) is 18.4 Å². The van der Waals surface area contributed by atoms with Gasteiger partial charge in [0.2, 0.25) is 0 Å². The zero-order valence-electron chi connectivity index (χ0n) is 12.7. The summed E-state index contributed by atoms with van der Waals surface area (Å²) in [5.74, 6) is 0.291. The molecule has 1 aliphatic rings. The Hall–Kier alpha value is -3.06. The third kappa shape index (κ3) is 2.10. The monoisotopic (exact) mass is 327 g/mol. The molecule has 24 heavy (non-hydrogen) atoms. The maximum Gasteiger partial charge on any atom is 0.161 e. The molecule has 1 atom stereocenters. The molecule has 1 aliphatic carbocycles. The Morgan fingerprint density at radius 3 is 2.88 bits per heavy atom. The fourth-order valence-electron chi connectivity index (χ4n) is 2.97. The van der Waals surface area contributed by atoms with E-state index >= 15 is 0 Å². The summed E-state index contributed by atoms with van der Waals surface area (Å²) in [7, 11) is 1.46. The molecular formula is C17H14FN3O3. The van der Waals surface area contributed by atoms with E-state index in [-0.39, 0.29) is 11.6 Å². The van der Waals surface area contributed by atoms with Crippen molar-refractivity contribution < 1.29 is 19.3 Å². The Balaban J connectivity index is 1.77. The van der Waals surface area contributed by atoms with Gasteiger partial charge in [0.25, 0.3) is 0 Å². The third-order valence-electron chi connectivity index (χ3n) is 4.08. The molecule has 7 heteroatoms. The lowest BCUT2D eigenvalue weighted by atomic mass is 10.1. The zero-order valence-corrected chi connectivity index (χ0v) is 12.7. The van der Waals surface area contributed by atoms with Crippen LogP contribution in [0.25, 0.3) is 11.3 Å². The number of aromatic nitrogens is 2. The van der Waals surface area contributed by atoms with Crippen molar-refractivity contribution in [2.24, 2.45) is 0 Å². The molecule has 0 aliphatic heterocycles. The Morgan fingerprint density at radius 2 is 2.12 bits per heavy atom. The number of aromatic hydroxyl groups is 1. The van der Waals surface area contributed by atoms with Crippen molar-refractivity contribution in [3.63, 3.8) is 0 Å². The summed E-state index contributed by atoms with van der Waals surface area (Å²) in [4.78, 5) is 0. The van der Waals surface area contributed by atoms with Gasteiger partial charge in [-0.2, -0.15) is 5.10 Å². The van der Waals surface area contributed by atoms with E-state index in [1.165, 1.54) is 25.3 Å². The Kier molecular flexibility index (Phi) is 3.17. The molecule has 0 saturated heterocycles. The van der Waals surface area contributed by atoms with Gasteiger partial charge < -0.3 is 20.3 Å². The van der Waals surface area contributed by atoms with Gasteiger partial charge in [-0.25, -0.2) is 4.39 Å². The van der Waals surface area contributed by atoms with Crippen LogP contribution in [0.1, 0.15) is 17.2 Å². The summed E-state index contributed by atoms with van der Waals surface area (Å²) < 4.78 is 18.4. The topological polar surface area (TPSA) is 90.4 Å². The van der Waals surface area contributed by atoms with Crippen LogP contribution >= 0.6 is 0 Å². The van der Waals surface area contributed by atoms with Crippen LogP contribution < -0.4 is 10.1 Å². The van der Waals surface area contributed by atoms with E-state index in [4.69, 9.17) is 4.74 Å². The largest absolute Gasteiger partial charge is 0.504 e. The van der Waals surface area contributed by atoms with Gasteiger partial charge in [0.15, 0.2) is 17.3 Å². The Morgan fingerprint density at radius 1 is 1.29 bits per heavy atom. The number of rotatable bonds is 3. The number of aliphatic hydroxyl groups is 1. The smallest absolute Gasteiger partial charge is 0.161 e. The standard InChI is InChI=1S/C17H14FN3O3/c1-24-13-7-10-11(6-12(13)22)16(23)14-15(10)20-21-17(14)19-9-4-2-3-8(18)5-9/h2-7,16,22-23H,1H3,(H2,19,20,21). The van der Waals surface area contributed by atoms with Gasteiger partial charge in [-0.1, -0.05) is 6.07 Å². The Labute approximate surface area is 136 Å². The number of hydrogen-bond acceptors (Lipinski definition) is 5. The molecule has 4 N–H and O–H groups in total. The highest BCUT2D eigenvalue weighted by atomic mass is 19.1. The molecule has 0 fully saturated rings. The van der Waals surface area contributed by atoms with Gasteiger partial charge in [-0.3, -0.25) is 5.10 Å². The first-order valence-corrected chi connectivity index (χ1v) is 7.28. The average molecular weight is 327 g/mol. The lowest BCUT2D eigenvalue weighted by Crippen LogP contribution is -2.00. The summed E-state index contributed by atoms with van der Waals surface area (Å²) in [6.45, 7) is 0. The van der Waals surface area contributed by atoms with E-state index in [0.29, 0.717) is 39.6 Å². The predicted molar refractivity (Wildman–Crippen MR) is 86.0 cm³/mol. The molecule has 3 aromatic rings. The minimum Gasteiger partial charge on any atom is -0.504 e. The molecule has 0 spiro atoms. The fourth-order valence-corrected chi connectivity index (χ4v) is 2.97. The number of phenolic OH excluding ortho intramolecular Hbond substituents is 1. The molecule has 2 aromatic carbocycles. The quantitative estimate of drug-likeness (QED) is 0.593. The summed E-state index contributed by atoms with van der Waals surface area (Å²) >= 11 is 0. The highest BCUT2D eigenvalue weighted by molar-refractivity contribution is 5.82. The normalized spacial score (nSPS) is 15.0. The molecule has 6 nitrogen and oxygen atoms in total. The van der Waals surface area contributed by atoms with Gasteiger partial charge in [0, 0.05) is 11.3 Å². The van der Waals surface area contributed by atoms with E-state index in [9.17, 15) is 14.6 Å². The van der Waals surface area contributed by atoms with Crippen LogP contribution in [0.5, 0.6) is 11.5 Å². The van der Waals surface area contributed by atoms with Crippen LogP contribution in [-0.2, 0) is 0 Å². The fraction of sp³-hybridized carbons (Fsp3) is 0.118. The molecule has 1 unspecified atom stereocenters. The Bertz CT molecular complexity index is 939. The number of anilines is 2. The van der Waals surface area contributed by atoms with E-state index in [0.717, 1.165) is 0 Å². The summed E-state index contributed by atoms with van der Waals surface area (Å²) in [6, 6.07) is 9.08. The molecule has 122 valence electrons. The number of aliphatic hydroxyl groups excluding tert-OH is 1. The van der Waals surface area contributed by atoms with Crippen molar-refractivity contribution in [1.29, 1.82) is 0 Å². The second kappa shape index (κ2) is 5.24. The molecule has 0 amide bonds. The van der Waals surface area contributed by atoms with Gasteiger partial charge in [0.1, 0.15) is 11.9 Å². The third-order valence-corrected chi connectivity index (χ3v) is 4.08. The minimum absolute atomic E-state index is 0.0481. The van der Waals surface area contributed by atoms with Crippen LogP contribution in [0, 0.1) is 5.82 Å². The lowest BCUT2D eigenvalue weighted by molar-refractivity contribution is 0.225. The van der Waals surface area contributed by atoms with Crippen LogP contribution in [0.3, 0.4) is 0 Å². The highest BCUT2D eigenvalue weighted by Gasteiger charge is 2.34. The molecule has 1 heterocycles. The van der Waals surface area contributed by atoms with Crippen LogP contribution in [0.2, 0.25) is 0 Å². The van der Waals surface area contributed by atoms with E-state index in [1.807, 2.05) is 0 Å². The zero-order chi connectivity index (χ0) is 16.8.